The Labute approximate surface area is 123 Å². The van der Waals surface area contributed by atoms with Crippen molar-refractivity contribution in [1.29, 1.82) is 0 Å². The average molecular weight is 317 g/mol. The molecule has 2 rings (SSSR count). The second-order valence-electron chi connectivity index (χ2n) is 4.65. The Bertz CT molecular complexity index is 717. The van der Waals surface area contributed by atoms with Crippen molar-refractivity contribution in [3.8, 4) is 11.3 Å². The van der Waals surface area contributed by atoms with Gasteiger partial charge in [-0.25, -0.2) is 4.79 Å². The molecular formula is C12H13ClN2O6. The first-order chi connectivity index (χ1) is 9.85. The number of nitrogens with one attached hydrogen (secondary N) is 1. The molecule has 1 aliphatic heterocycles. The van der Waals surface area contributed by atoms with Crippen LogP contribution in [0.2, 0.25) is 0 Å². The Morgan fingerprint density at radius 2 is 2.24 bits per heavy atom. The van der Waals surface area contributed by atoms with E-state index in [2.05, 4.69) is 5.92 Å². The van der Waals surface area contributed by atoms with Crippen LogP contribution in [-0.4, -0.2) is 49.3 Å². The first-order valence-corrected chi connectivity index (χ1v) is 6.35. The molecule has 4 N–H and O–H groups in total. The highest BCUT2D eigenvalue weighted by Gasteiger charge is 2.56. The van der Waals surface area contributed by atoms with E-state index in [4.69, 9.17) is 21.4 Å². The Morgan fingerprint density at radius 1 is 1.57 bits per heavy atom. The fourth-order valence-corrected chi connectivity index (χ4v) is 2.45. The molecule has 0 aromatic carbocycles. The number of aryl methyl sites for hydroxylation is 1. The van der Waals surface area contributed by atoms with Gasteiger partial charge in [0.05, 0.1) is 6.61 Å². The van der Waals surface area contributed by atoms with Gasteiger partial charge in [0.15, 0.2) is 6.23 Å². The Kier molecular flexibility index (Phi) is 4.22. The lowest BCUT2D eigenvalue weighted by Crippen LogP contribution is -2.48. The monoisotopic (exact) mass is 316 g/mol. The molecule has 4 atom stereocenters. The Morgan fingerprint density at radius 3 is 2.76 bits per heavy atom. The van der Waals surface area contributed by atoms with E-state index in [-0.39, 0.29) is 5.69 Å². The summed E-state index contributed by atoms with van der Waals surface area (Å²) in [6.45, 7) is 0.855. The number of hydrogen-bond acceptors (Lipinski definition) is 6. The van der Waals surface area contributed by atoms with Gasteiger partial charge in [0.25, 0.3) is 5.56 Å². The summed E-state index contributed by atoms with van der Waals surface area (Å²) in [6, 6.07) is 1.12. The van der Waals surface area contributed by atoms with Crippen LogP contribution in [0.15, 0.2) is 15.7 Å². The van der Waals surface area contributed by atoms with Gasteiger partial charge in [-0.2, -0.15) is 0 Å². The quantitative estimate of drug-likeness (QED) is 0.469. The summed E-state index contributed by atoms with van der Waals surface area (Å²) in [4.78, 5) is 25.2. The number of ether oxygens (including phenoxy) is 1. The molecule has 0 spiro atoms. The Balaban J connectivity index is 2.64. The summed E-state index contributed by atoms with van der Waals surface area (Å²) < 4.78 is 6.24. The predicted octanol–water partition coefficient (Wildman–Crippen LogP) is -1.97. The van der Waals surface area contributed by atoms with Crippen LogP contribution >= 0.6 is 11.6 Å². The lowest BCUT2D eigenvalue weighted by molar-refractivity contribution is -0.0774. The van der Waals surface area contributed by atoms with Gasteiger partial charge < -0.3 is 20.1 Å². The molecule has 1 fully saturated rings. The second-order valence-corrected chi connectivity index (χ2v) is 4.84. The van der Waals surface area contributed by atoms with Gasteiger partial charge in [0.2, 0.25) is 5.60 Å². The molecule has 0 saturated carbocycles. The first-order valence-electron chi connectivity index (χ1n) is 5.97. The van der Waals surface area contributed by atoms with Crippen LogP contribution in [0.1, 0.15) is 11.9 Å². The summed E-state index contributed by atoms with van der Waals surface area (Å²) >= 11 is 5.29. The molecule has 21 heavy (non-hydrogen) atoms. The molecule has 1 saturated heterocycles. The van der Waals surface area contributed by atoms with E-state index in [0.717, 1.165) is 10.6 Å². The number of aromatic nitrogens is 2. The third-order valence-corrected chi connectivity index (χ3v) is 3.41. The van der Waals surface area contributed by atoms with Crippen molar-refractivity contribution in [3.05, 3.63) is 32.6 Å². The number of aromatic amines is 1. The van der Waals surface area contributed by atoms with Gasteiger partial charge in [0, 0.05) is 17.1 Å². The predicted molar refractivity (Wildman–Crippen MR) is 71.6 cm³/mol. The maximum Gasteiger partial charge on any atom is 0.330 e. The number of aliphatic hydroxyl groups excluding tert-OH is 2. The third-order valence-electron chi connectivity index (χ3n) is 3.31. The van der Waals surface area contributed by atoms with Crippen molar-refractivity contribution in [1.82, 2.24) is 9.55 Å². The van der Waals surface area contributed by atoms with Crippen LogP contribution in [0.3, 0.4) is 0 Å². The van der Waals surface area contributed by atoms with Crippen LogP contribution in [0, 0.1) is 18.2 Å². The number of H-pyrrole nitrogens is 1. The minimum Gasteiger partial charge on any atom is -0.394 e. The van der Waals surface area contributed by atoms with E-state index in [1.165, 1.54) is 6.92 Å². The molecule has 1 aromatic rings. The lowest BCUT2D eigenvalue weighted by atomic mass is 9.95. The fraction of sp³-hybridized carbons (Fsp3) is 0.500. The van der Waals surface area contributed by atoms with Crippen LogP contribution in [0.5, 0.6) is 0 Å². The van der Waals surface area contributed by atoms with Crippen molar-refractivity contribution >= 4 is 11.6 Å². The topological polar surface area (TPSA) is 125 Å². The summed E-state index contributed by atoms with van der Waals surface area (Å²) in [7, 11) is 0. The van der Waals surface area contributed by atoms with Crippen molar-refractivity contribution < 1.29 is 20.1 Å². The molecule has 8 nitrogen and oxygen atoms in total. The second kappa shape index (κ2) is 5.63. The summed E-state index contributed by atoms with van der Waals surface area (Å²) in [5, 5.41) is 31.6. The molecule has 9 heteroatoms. The van der Waals surface area contributed by atoms with Crippen LogP contribution in [0.25, 0.3) is 0 Å². The van der Waals surface area contributed by atoms with E-state index in [1.807, 2.05) is 10.4 Å². The van der Waals surface area contributed by atoms with Crippen LogP contribution < -0.4 is 11.2 Å². The van der Waals surface area contributed by atoms with E-state index in [9.17, 15) is 19.8 Å². The third kappa shape index (κ3) is 2.50. The smallest absolute Gasteiger partial charge is 0.330 e. The molecule has 0 amide bonds. The van der Waals surface area contributed by atoms with E-state index < -0.39 is 41.9 Å². The number of rotatable bonds is 2. The number of hydrogen-bond donors (Lipinski definition) is 4. The van der Waals surface area contributed by atoms with Gasteiger partial charge >= 0.3 is 5.69 Å². The molecular weight excluding hydrogens is 304 g/mol. The van der Waals surface area contributed by atoms with E-state index in [1.54, 1.807) is 0 Å². The fourth-order valence-electron chi connectivity index (χ4n) is 2.30. The molecule has 1 unspecified atom stereocenters. The molecule has 114 valence electrons. The maximum atomic E-state index is 11.9. The molecule has 0 radical (unpaired) electrons. The molecule has 1 aliphatic rings. The molecule has 0 aliphatic carbocycles. The van der Waals surface area contributed by atoms with Gasteiger partial charge in [-0.3, -0.25) is 14.3 Å². The number of halogens is 1. The minimum atomic E-state index is -2.21. The lowest BCUT2D eigenvalue weighted by Gasteiger charge is -2.27. The highest BCUT2D eigenvalue weighted by Crippen LogP contribution is 2.37. The summed E-state index contributed by atoms with van der Waals surface area (Å²) in [6.07, 6.45) is -4.17. The number of aliphatic hydroxyl groups is 3. The Hall–Kier alpha value is -1.63. The largest absolute Gasteiger partial charge is 0.394 e. The summed E-state index contributed by atoms with van der Waals surface area (Å²) in [5.74, 6) is 2.19. The molecule has 0 bridgehead atoms. The zero-order valence-electron chi connectivity index (χ0n) is 10.9. The van der Waals surface area contributed by atoms with Crippen molar-refractivity contribution in [3.63, 3.8) is 0 Å². The van der Waals surface area contributed by atoms with Gasteiger partial charge in [-0.15, -0.1) is 0 Å². The average Bonchev–Trinajstić information content (AvgIpc) is 2.63. The van der Waals surface area contributed by atoms with Crippen LogP contribution in [-0.2, 0) is 4.74 Å². The van der Waals surface area contributed by atoms with Crippen molar-refractivity contribution in [2.75, 3.05) is 6.61 Å². The highest BCUT2D eigenvalue weighted by atomic mass is 35.5. The van der Waals surface area contributed by atoms with Gasteiger partial charge in [-0.05, 0) is 24.4 Å². The van der Waals surface area contributed by atoms with E-state index in [0.29, 0.717) is 0 Å². The van der Waals surface area contributed by atoms with E-state index >= 15 is 0 Å². The maximum absolute atomic E-state index is 11.9. The van der Waals surface area contributed by atoms with Gasteiger partial charge in [0.1, 0.15) is 12.2 Å². The van der Waals surface area contributed by atoms with Gasteiger partial charge in [-0.1, -0.05) is 0 Å². The first kappa shape index (κ1) is 15.8. The molecule has 1 aromatic heterocycles. The summed E-state index contributed by atoms with van der Waals surface area (Å²) in [5.41, 5.74) is -3.47. The highest BCUT2D eigenvalue weighted by molar-refractivity contribution is 6.30. The SMILES string of the molecule is Cc1cc(=O)[nH]c(=O)n1[C@@H]1O[C@H](CO)[C@H](O)C1(O)C#CCl. The van der Waals surface area contributed by atoms with Crippen molar-refractivity contribution in [2.24, 2.45) is 0 Å². The zero-order chi connectivity index (χ0) is 15.8. The van der Waals surface area contributed by atoms with Crippen LogP contribution in [0.4, 0.5) is 0 Å². The minimum absolute atomic E-state index is 0.189. The molecule has 2 heterocycles. The zero-order valence-corrected chi connectivity index (χ0v) is 11.7. The van der Waals surface area contributed by atoms with Crippen molar-refractivity contribution in [2.45, 2.75) is 31.0 Å². The normalized spacial score (nSPS) is 31.8. The number of nitrogens with zero attached hydrogens (tertiary/aromatic N) is 1. The standard InChI is InChI=1S/C12H13ClN2O6/c1-6-4-8(17)14-11(19)15(6)10-12(20,2-3-13)9(18)7(5-16)21-10/h4,7,9-10,16,18,20H,5H2,1H3,(H,14,17,19)/t7-,9+,10-,12?/m1/s1.